The number of fused-ring (bicyclic) bond motifs is 2. The van der Waals surface area contributed by atoms with Crippen LogP contribution in [0, 0.1) is 35.1 Å². The molecule has 4 aromatic carbocycles. The van der Waals surface area contributed by atoms with Gasteiger partial charge in [0.2, 0.25) is 34.9 Å². The van der Waals surface area contributed by atoms with Crippen molar-refractivity contribution in [3.63, 3.8) is 0 Å². The molecule has 6 atom stereocenters. The van der Waals surface area contributed by atoms with Gasteiger partial charge in [-0.1, -0.05) is 27.0 Å². The number of amides is 1. The number of aliphatic hydroxyl groups is 2. The summed E-state index contributed by atoms with van der Waals surface area (Å²) >= 11 is 4.71. The molecule has 0 radical (unpaired) electrons. The molecule has 4 fully saturated rings. The lowest BCUT2D eigenvalue weighted by atomic mass is 9.91. The van der Waals surface area contributed by atoms with Crippen LogP contribution in [0.25, 0.3) is 0 Å². The highest BCUT2D eigenvalue weighted by Gasteiger charge is 2.42. The van der Waals surface area contributed by atoms with Gasteiger partial charge in [0, 0.05) is 86.7 Å². The van der Waals surface area contributed by atoms with Crippen LogP contribution in [0.1, 0.15) is 64.5 Å². The average molecular weight is 1230 g/mol. The second-order valence-electron chi connectivity index (χ2n) is 22.1. The monoisotopic (exact) mass is 1220 g/mol. The zero-order valence-electron chi connectivity index (χ0n) is 49.7. The molecule has 0 spiro atoms. The fourth-order valence-corrected chi connectivity index (χ4v) is 11.3. The lowest BCUT2D eigenvalue weighted by molar-refractivity contribution is -0.112. The van der Waals surface area contributed by atoms with Crippen molar-refractivity contribution in [2.24, 2.45) is 11.8 Å². The Hall–Kier alpha value is -8.43. The molecular formula is C60H73ClF4N16O6. The molecule has 22 nitrogen and oxygen atoms in total. The minimum atomic E-state index is -1.43. The maximum atomic E-state index is 14.2. The van der Waals surface area contributed by atoms with E-state index >= 15 is 0 Å². The minimum absolute atomic E-state index is 0.0286. The van der Waals surface area contributed by atoms with Crippen LogP contribution in [0.15, 0.2) is 86.5 Å². The summed E-state index contributed by atoms with van der Waals surface area (Å²) in [6, 6.07) is 12.0. The number of benzene rings is 4. The number of likely N-dealkylation sites (N-methyl/N-ethyl adjacent to an activating group) is 2. The number of likely N-dealkylation sites (tertiary alicyclic amines) is 2. The highest BCUT2D eigenvalue weighted by atomic mass is 35.5. The lowest BCUT2D eigenvalue weighted by Gasteiger charge is -2.29. The average Bonchev–Trinajstić information content (AvgIpc) is 2.05. The second kappa shape index (κ2) is 27.5. The standard InChI is InChI=1S/C30H36F2N8O3.C27H34F2N8O2.C3H3ClO/c1-6-27(41)35-22-12-23(26(43-5)13-24(22)40-9-8-17-14-39(4)15-25(17)40)37-29-34-16-33-28(38-29)36-21-11-20(32)19(31)10-18(21)30(3,42)7-2;1-5-27(2,38)16-8-17(28)18(29)9-20(16)33-25-31-14-32-26(35-25)34-21-10-19(30)22(11-24(21)39-4)37-7-6-15-12-36(3)13-23(15)37;1-2-3(4)5/h6,10-13,16-17,25,42H,1,7-9,14-15H2,2-5H3,(H,35,41)(H2,33,34,36,37,38);8-11,14-15,23,38H,5-7,12-13,30H2,1-4H3,(H2,31,32,33,34,35);2H,1H2/t17-,25+,30?;15-,23+,27?;/m11./s1. The van der Waals surface area contributed by atoms with Gasteiger partial charge in [-0.25, -0.2) is 37.5 Å². The van der Waals surface area contributed by atoms with Crippen LogP contribution in [0.4, 0.5) is 86.9 Å². The lowest BCUT2D eigenvalue weighted by Crippen LogP contribution is -2.35. The van der Waals surface area contributed by atoms with E-state index in [-0.39, 0.29) is 65.0 Å². The minimum Gasteiger partial charge on any atom is -0.494 e. The Kier molecular flexibility index (Phi) is 20.4. The summed E-state index contributed by atoms with van der Waals surface area (Å²) in [6.45, 7) is 19.0. The number of nitrogens with one attached hydrogen (secondary N) is 5. The molecule has 87 heavy (non-hydrogen) atoms. The van der Waals surface area contributed by atoms with E-state index in [1.165, 1.54) is 32.6 Å². The third kappa shape index (κ3) is 15.0. The highest BCUT2D eigenvalue weighted by molar-refractivity contribution is 6.66. The van der Waals surface area contributed by atoms with Crippen LogP contribution in [0.5, 0.6) is 11.5 Å². The Morgan fingerprint density at radius 2 is 1.02 bits per heavy atom. The van der Waals surface area contributed by atoms with Gasteiger partial charge in [0.25, 0.3) is 0 Å². The van der Waals surface area contributed by atoms with Crippen molar-refractivity contribution in [3.8, 4) is 11.5 Å². The number of nitrogens with two attached hydrogens (primary N) is 1. The number of carbonyl (C=O) groups is 2. The zero-order chi connectivity index (χ0) is 63.1. The van der Waals surface area contributed by atoms with Crippen molar-refractivity contribution in [1.29, 1.82) is 0 Å². The largest absolute Gasteiger partial charge is 0.494 e. The van der Waals surface area contributed by atoms with Gasteiger partial charge < -0.3 is 71.6 Å². The van der Waals surface area contributed by atoms with Gasteiger partial charge in [-0.15, -0.1) is 0 Å². The number of ether oxygens (including phenoxy) is 2. The van der Waals surface area contributed by atoms with E-state index in [4.69, 9.17) is 26.8 Å². The first kappa shape index (κ1) is 64.6. The van der Waals surface area contributed by atoms with Crippen molar-refractivity contribution in [2.45, 2.75) is 76.7 Å². The molecule has 4 saturated heterocycles. The molecule has 0 saturated carbocycles. The van der Waals surface area contributed by atoms with Crippen LogP contribution in [-0.2, 0) is 20.8 Å². The molecule has 1 amide bonds. The Balaban J connectivity index is 0.000000210. The molecule has 464 valence electrons. The normalized spacial score (nSPS) is 19.2. The maximum absolute atomic E-state index is 14.2. The molecule has 6 heterocycles. The predicted molar refractivity (Wildman–Crippen MR) is 329 cm³/mol. The number of hydrogen-bond donors (Lipinski definition) is 8. The molecule has 2 aromatic heterocycles. The first-order valence-corrected chi connectivity index (χ1v) is 28.5. The van der Waals surface area contributed by atoms with E-state index in [1.54, 1.807) is 40.2 Å². The summed E-state index contributed by atoms with van der Waals surface area (Å²) in [6.07, 6.45) is 7.50. The molecular weight excluding hydrogens is 1150 g/mol. The molecule has 27 heteroatoms. The fourth-order valence-electron chi connectivity index (χ4n) is 11.3. The molecule has 10 rings (SSSR count). The fraction of sp³-hybridized carbons (Fsp3) is 0.400. The smallest absolute Gasteiger partial charge is 0.247 e. The van der Waals surface area contributed by atoms with Gasteiger partial charge in [-0.05, 0) is 113 Å². The second-order valence-corrected chi connectivity index (χ2v) is 22.5. The number of anilines is 12. The number of carbonyl (C=O) groups excluding carboxylic acids is 2. The Morgan fingerprint density at radius 3 is 1.43 bits per heavy atom. The van der Waals surface area contributed by atoms with Crippen LogP contribution in [0.2, 0.25) is 0 Å². The van der Waals surface area contributed by atoms with E-state index in [2.05, 4.69) is 103 Å². The van der Waals surface area contributed by atoms with Crippen LogP contribution in [-0.4, -0.2) is 141 Å². The number of aromatic nitrogens is 6. The number of methoxy groups -OCH3 is 2. The van der Waals surface area contributed by atoms with Crippen LogP contribution in [0.3, 0.4) is 0 Å². The van der Waals surface area contributed by atoms with Gasteiger partial charge in [0.15, 0.2) is 23.3 Å². The highest BCUT2D eigenvalue weighted by Crippen LogP contribution is 2.45. The van der Waals surface area contributed by atoms with E-state index in [1.807, 2.05) is 12.1 Å². The SMILES string of the molecule is C=CC(=O)Cl.C=CC(=O)Nc1cc(Nc2ncnc(Nc3cc(F)c(F)cc3C(C)(O)CC)n2)c(OC)cc1N1CC[C@@H]2CN(C)C[C@@H]21.CCC(C)(O)c1cc(F)c(F)cc1Nc1ncnc(Nc2cc(N)c(N3CC[C@@H]4CN(C)C[C@@H]43)cc2OC)n1. The number of nitrogens with zero attached hydrogens (tertiary/aromatic N) is 10. The van der Waals surface area contributed by atoms with Gasteiger partial charge in [-0.2, -0.15) is 9.97 Å². The summed E-state index contributed by atoms with van der Waals surface area (Å²) in [5.74, 6) is -1.98. The van der Waals surface area contributed by atoms with Crippen molar-refractivity contribution in [3.05, 3.63) is 121 Å². The van der Waals surface area contributed by atoms with Crippen molar-refractivity contribution in [2.75, 3.05) is 110 Å². The number of allylic oxidation sites excluding steroid dienone is 1. The summed E-state index contributed by atoms with van der Waals surface area (Å²) in [4.78, 5) is 56.6. The summed E-state index contributed by atoms with van der Waals surface area (Å²) in [5, 5.41) is 35.9. The third-order valence-corrected chi connectivity index (χ3v) is 16.3. The first-order chi connectivity index (χ1) is 41.4. The summed E-state index contributed by atoms with van der Waals surface area (Å²) in [5.41, 5.74) is 8.27. The van der Waals surface area contributed by atoms with Gasteiger partial charge in [0.1, 0.15) is 24.2 Å². The van der Waals surface area contributed by atoms with E-state index in [0.717, 1.165) is 93.8 Å². The van der Waals surface area contributed by atoms with Crippen molar-refractivity contribution >= 4 is 92.0 Å². The molecule has 2 unspecified atom stereocenters. The van der Waals surface area contributed by atoms with E-state index in [0.29, 0.717) is 58.2 Å². The quantitative estimate of drug-likeness (QED) is 0.0162. The molecule has 4 aliphatic rings. The van der Waals surface area contributed by atoms with Gasteiger partial charge in [0.05, 0.1) is 70.9 Å². The number of halogens is 5. The molecule has 9 N–H and O–H groups in total. The Morgan fingerprint density at radius 1 is 0.632 bits per heavy atom. The van der Waals surface area contributed by atoms with Gasteiger partial charge in [-0.3, -0.25) is 9.59 Å². The number of hydrogen-bond acceptors (Lipinski definition) is 21. The molecule has 4 aliphatic heterocycles. The van der Waals surface area contributed by atoms with Crippen molar-refractivity contribution in [1.82, 2.24) is 39.7 Å². The summed E-state index contributed by atoms with van der Waals surface area (Å²) in [7, 11) is 7.39. The number of rotatable bonds is 19. The predicted octanol–water partition coefficient (Wildman–Crippen LogP) is 9.45. The topological polar surface area (TPSA) is 270 Å². The zero-order valence-corrected chi connectivity index (χ0v) is 50.4. The molecule has 0 aliphatic carbocycles. The van der Waals surface area contributed by atoms with Crippen molar-refractivity contribution < 1.29 is 46.8 Å². The van der Waals surface area contributed by atoms with E-state index < -0.39 is 39.7 Å². The van der Waals surface area contributed by atoms with Crippen LogP contribution < -0.4 is 51.6 Å². The van der Waals surface area contributed by atoms with E-state index in [9.17, 15) is 37.4 Å². The third-order valence-electron chi connectivity index (χ3n) is 16.1. The summed E-state index contributed by atoms with van der Waals surface area (Å²) < 4.78 is 67.7. The number of nitrogen functional groups attached to an aromatic ring is 1. The van der Waals surface area contributed by atoms with Gasteiger partial charge >= 0.3 is 0 Å². The molecule has 6 aromatic rings. The Labute approximate surface area is 507 Å². The maximum Gasteiger partial charge on any atom is 0.247 e. The first-order valence-electron chi connectivity index (χ1n) is 28.1. The molecule has 0 bridgehead atoms. The Bertz CT molecular complexity index is 3510. The van der Waals surface area contributed by atoms with Crippen LogP contribution >= 0.6 is 11.6 Å².